The summed E-state index contributed by atoms with van der Waals surface area (Å²) in [5, 5.41) is 6.31. The zero-order chi connectivity index (χ0) is 23.5. The summed E-state index contributed by atoms with van der Waals surface area (Å²) < 4.78 is 35.4. The van der Waals surface area contributed by atoms with Crippen LogP contribution in [0.1, 0.15) is 103 Å². The molecule has 0 rings (SSSR count). The van der Waals surface area contributed by atoms with Gasteiger partial charge in [0.1, 0.15) is 0 Å². The van der Waals surface area contributed by atoms with E-state index in [1.807, 2.05) is 0 Å². The van der Waals surface area contributed by atoms with E-state index in [2.05, 4.69) is 23.8 Å². The second-order valence-electron chi connectivity index (χ2n) is 7.73. The second-order valence-corrected chi connectivity index (χ2v) is 9.33. The van der Waals surface area contributed by atoms with Gasteiger partial charge in [0.15, 0.2) is 5.25 Å². The summed E-state index contributed by atoms with van der Waals surface area (Å²) >= 11 is 0. The van der Waals surface area contributed by atoms with Gasteiger partial charge < -0.3 is 9.84 Å². The van der Waals surface area contributed by atoms with E-state index in [1.54, 1.807) is 0 Å². The number of carbonyl (C=O) groups excluding carboxylic acids is 2. The molecule has 0 aliphatic heterocycles. The summed E-state index contributed by atoms with van der Waals surface area (Å²) in [6.45, 7) is 2.22. The monoisotopic (exact) mass is 502 g/mol. The fourth-order valence-electron chi connectivity index (χ4n) is 3.04. The first-order valence-corrected chi connectivity index (χ1v) is 12.8. The topological polar surface area (TPSA) is 135 Å². The fraction of sp³-hybridized carbons (Fsp3) is 0.773. The Morgan fingerprint density at radius 1 is 0.844 bits per heavy atom. The summed E-state index contributed by atoms with van der Waals surface area (Å²) in [7, 11) is -4.97. The van der Waals surface area contributed by atoms with Crippen molar-refractivity contribution in [3.05, 3.63) is 12.2 Å². The average molecular weight is 503 g/mol. The van der Waals surface area contributed by atoms with Crippen LogP contribution in [0, 0.1) is 0 Å². The molecule has 0 radical (unpaired) electrons. The Hall–Kier alpha value is -0.104. The van der Waals surface area contributed by atoms with Gasteiger partial charge in [-0.3, -0.25) is 18.9 Å². The van der Waals surface area contributed by atoms with Crippen molar-refractivity contribution in [2.75, 3.05) is 0 Å². The van der Waals surface area contributed by atoms with E-state index in [0.717, 1.165) is 38.5 Å². The maximum absolute atomic E-state index is 11.6. The molecular weight excluding hydrogens is 463 g/mol. The molecular formula is C22H39KO8S. The SMILES string of the molecule is CCCCCCCC/C=C\CCCCCCCC(=O)OC(=O)C(CC(=O)O)S(=O)(=O)O.[KH]. The van der Waals surface area contributed by atoms with E-state index in [0.29, 0.717) is 6.42 Å². The van der Waals surface area contributed by atoms with Crippen LogP contribution < -0.4 is 0 Å². The van der Waals surface area contributed by atoms with E-state index < -0.39 is 39.7 Å². The predicted molar refractivity (Wildman–Crippen MR) is 125 cm³/mol. The fourth-order valence-corrected chi connectivity index (χ4v) is 3.68. The van der Waals surface area contributed by atoms with Crippen molar-refractivity contribution in [3.8, 4) is 0 Å². The first kappa shape index (κ1) is 34.1. The molecule has 0 aromatic rings. The summed E-state index contributed by atoms with van der Waals surface area (Å²) in [5.74, 6) is -4.10. The molecule has 2 N–H and O–H groups in total. The molecule has 0 aromatic heterocycles. The molecule has 1 unspecified atom stereocenters. The minimum atomic E-state index is -4.97. The molecule has 182 valence electrons. The van der Waals surface area contributed by atoms with Crippen LogP contribution in [0.5, 0.6) is 0 Å². The Morgan fingerprint density at radius 2 is 1.31 bits per heavy atom. The first-order valence-electron chi connectivity index (χ1n) is 11.3. The van der Waals surface area contributed by atoms with Crippen LogP contribution in [0.3, 0.4) is 0 Å². The summed E-state index contributed by atoms with van der Waals surface area (Å²) in [4.78, 5) is 33.9. The van der Waals surface area contributed by atoms with Crippen LogP contribution in [0.15, 0.2) is 12.2 Å². The summed E-state index contributed by atoms with van der Waals surface area (Å²) in [6, 6.07) is 0. The molecule has 0 aliphatic carbocycles. The van der Waals surface area contributed by atoms with E-state index in [9.17, 15) is 22.8 Å². The van der Waals surface area contributed by atoms with E-state index in [4.69, 9.17) is 9.66 Å². The van der Waals surface area contributed by atoms with Gasteiger partial charge in [-0.1, -0.05) is 70.4 Å². The van der Waals surface area contributed by atoms with Crippen molar-refractivity contribution >= 4 is 79.4 Å². The number of carboxylic acid groups (broad SMARTS) is 1. The van der Waals surface area contributed by atoms with Crippen molar-refractivity contribution in [2.45, 2.75) is 108 Å². The minimum absolute atomic E-state index is 0. The molecule has 0 saturated carbocycles. The molecule has 10 heteroatoms. The summed E-state index contributed by atoms with van der Waals surface area (Å²) in [5.41, 5.74) is 0. The number of rotatable bonds is 19. The molecule has 0 spiro atoms. The number of unbranched alkanes of at least 4 members (excludes halogenated alkanes) is 11. The van der Waals surface area contributed by atoms with Gasteiger partial charge in [-0.05, 0) is 32.1 Å². The zero-order valence-electron chi connectivity index (χ0n) is 18.6. The molecule has 1 atom stereocenters. The van der Waals surface area contributed by atoms with Crippen LogP contribution in [0.4, 0.5) is 0 Å². The van der Waals surface area contributed by atoms with Crippen LogP contribution in [-0.2, 0) is 29.2 Å². The number of ether oxygens (including phenoxy) is 1. The van der Waals surface area contributed by atoms with E-state index in [-0.39, 0.29) is 57.8 Å². The van der Waals surface area contributed by atoms with Crippen LogP contribution in [-0.4, -0.2) is 92.6 Å². The standard InChI is InChI=1S/C22H38O8S.K.H/c1-2-3-4-5-6-7-8-9-10-11-12-13-14-15-16-17-21(25)30-22(26)19(18-20(23)24)31(27,28)29;;/h9-10,19H,2-8,11-18H2,1H3,(H,23,24)(H,27,28,29);;/b10-9-;;. The third-order valence-corrected chi connectivity index (χ3v) is 5.92. The molecule has 0 aromatic carbocycles. The third-order valence-electron chi connectivity index (χ3n) is 4.84. The number of hydrogen-bond donors (Lipinski definition) is 2. The van der Waals surface area contributed by atoms with Crippen molar-refractivity contribution in [3.63, 3.8) is 0 Å². The Balaban J connectivity index is 0. The van der Waals surface area contributed by atoms with Crippen LogP contribution in [0.2, 0.25) is 0 Å². The van der Waals surface area contributed by atoms with Crippen molar-refractivity contribution in [1.29, 1.82) is 0 Å². The molecule has 0 heterocycles. The predicted octanol–water partition coefficient (Wildman–Crippen LogP) is 4.18. The third kappa shape index (κ3) is 20.5. The number of aliphatic carboxylic acids is 1. The molecule has 0 amide bonds. The maximum atomic E-state index is 11.6. The second kappa shape index (κ2) is 21.4. The van der Waals surface area contributed by atoms with Gasteiger partial charge in [0.05, 0.1) is 6.42 Å². The van der Waals surface area contributed by atoms with Gasteiger partial charge in [-0.25, -0.2) is 0 Å². The molecule has 0 bridgehead atoms. The van der Waals surface area contributed by atoms with Gasteiger partial charge in [0.25, 0.3) is 10.1 Å². The van der Waals surface area contributed by atoms with Crippen molar-refractivity contribution < 1.29 is 37.2 Å². The molecule has 0 saturated heterocycles. The van der Waals surface area contributed by atoms with E-state index >= 15 is 0 Å². The van der Waals surface area contributed by atoms with Crippen LogP contribution in [0.25, 0.3) is 0 Å². The normalized spacial score (nSPS) is 12.3. The quantitative estimate of drug-likeness (QED) is 0.0671. The zero-order valence-corrected chi connectivity index (χ0v) is 19.4. The van der Waals surface area contributed by atoms with Gasteiger partial charge in [0, 0.05) is 6.42 Å². The Kier molecular flexibility index (Phi) is 22.8. The number of esters is 2. The summed E-state index contributed by atoms with van der Waals surface area (Å²) in [6.07, 6.45) is 17.5. The Bertz CT molecular complexity index is 661. The van der Waals surface area contributed by atoms with Gasteiger partial charge >= 0.3 is 69.3 Å². The molecule has 0 fully saturated rings. The van der Waals surface area contributed by atoms with Gasteiger partial charge in [-0.2, -0.15) is 8.42 Å². The molecule has 8 nitrogen and oxygen atoms in total. The molecule has 0 aliphatic rings. The number of allylic oxidation sites excluding steroid dienone is 2. The number of carbonyl (C=O) groups is 3. The van der Waals surface area contributed by atoms with Gasteiger partial charge in [-0.15, -0.1) is 0 Å². The average Bonchev–Trinajstić information content (AvgIpc) is 2.68. The number of hydrogen-bond acceptors (Lipinski definition) is 6. The number of carboxylic acids is 1. The van der Waals surface area contributed by atoms with Gasteiger partial charge in [0.2, 0.25) is 0 Å². The van der Waals surface area contributed by atoms with Crippen molar-refractivity contribution in [2.24, 2.45) is 0 Å². The van der Waals surface area contributed by atoms with Crippen molar-refractivity contribution in [1.82, 2.24) is 0 Å². The first-order chi connectivity index (χ1) is 14.7. The Labute approximate surface area is 235 Å². The Morgan fingerprint density at radius 3 is 1.78 bits per heavy atom. The van der Waals surface area contributed by atoms with Crippen LogP contribution >= 0.6 is 0 Å². The molecule has 32 heavy (non-hydrogen) atoms. The van der Waals surface area contributed by atoms with E-state index in [1.165, 1.54) is 38.5 Å².